The van der Waals surface area contributed by atoms with Gasteiger partial charge >= 0.3 is 0 Å². The Morgan fingerprint density at radius 2 is 2.00 bits per heavy atom. The maximum Gasteiger partial charge on any atom is -0.00668 e. The Morgan fingerprint density at radius 1 is 1.11 bits per heavy atom. The first-order valence-electron chi connectivity index (χ1n) is 6.89. The van der Waals surface area contributed by atoms with Crippen LogP contribution in [0.3, 0.4) is 0 Å². The molecular weight excluding hydrogens is 216 g/mol. The van der Waals surface area contributed by atoms with E-state index in [0.29, 0.717) is 5.41 Å². The first kappa shape index (κ1) is 10.4. The Labute approximate surface area is 108 Å². The normalized spacial score (nSPS) is 28.7. The molecule has 0 spiro atoms. The molecule has 2 aromatic rings. The molecule has 0 saturated heterocycles. The van der Waals surface area contributed by atoms with E-state index in [-0.39, 0.29) is 0 Å². The van der Waals surface area contributed by atoms with Gasteiger partial charge in [-0.05, 0) is 59.1 Å². The molecular formula is C18H18. The van der Waals surface area contributed by atoms with Crippen molar-refractivity contribution in [2.24, 2.45) is 5.41 Å². The predicted octanol–water partition coefficient (Wildman–Crippen LogP) is 5.06. The molecule has 2 aromatic carbocycles. The SMILES string of the molecule is Cc1ccc2cc3c(cc2c1)C=CC1(C)CCC31. The zero-order chi connectivity index (χ0) is 12.3. The molecule has 0 nitrogen and oxygen atoms in total. The molecule has 1 fully saturated rings. The van der Waals surface area contributed by atoms with E-state index in [9.17, 15) is 0 Å². The molecule has 0 aliphatic heterocycles. The van der Waals surface area contributed by atoms with Crippen molar-refractivity contribution in [3.8, 4) is 0 Å². The highest BCUT2D eigenvalue weighted by Crippen LogP contribution is 2.57. The van der Waals surface area contributed by atoms with E-state index in [0.717, 1.165) is 5.92 Å². The Hall–Kier alpha value is -1.56. The van der Waals surface area contributed by atoms with E-state index in [1.165, 1.54) is 34.7 Å². The molecule has 2 unspecified atom stereocenters. The fourth-order valence-corrected chi connectivity index (χ4v) is 3.63. The van der Waals surface area contributed by atoms with E-state index in [1.54, 1.807) is 5.56 Å². The van der Waals surface area contributed by atoms with Gasteiger partial charge in [-0.3, -0.25) is 0 Å². The van der Waals surface area contributed by atoms with E-state index in [4.69, 9.17) is 0 Å². The van der Waals surface area contributed by atoms with Gasteiger partial charge in [0.2, 0.25) is 0 Å². The quantitative estimate of drug-likeness (QED) is 0.597. The summed E-state index contributed by atoms with van der Waals surface area (Å²) < 4.78 is 0. The summed E-state index contributed by atoms with van der Waals surface area (Å²) in [5.74, 6) is 0.753. The number of allylic oxidation sites excluding steroid dienone is 1. The summed E-state index contributed by atoms with van der Waals surface area (Å²) >= 11 is 0. The lowest BCUT2D eigenvalue weighted by molar-refractivity contribution is 0.177. The first-order valence-corrected chi connectivity index (χ1v) is 6.89. The fraction of sp³-hybridized carbons (Fsp3) is 0.333. The minimum Gasteiger partial charge on any atom is -0.0774 e. The average Bonchev–Trinajstić information content (AvgIpc) is 2.33. The lowest BCUT2D eigenvalue weighted by Crippen LogP contribution is -2.35. The van der Waals surface area contributed by atoms with Crippen LogP contribution >= 0.6 is 0 Å². The molecule has 0 heterocycles. The van der Waals surface area contributed by atoms with Crippen molar-refractivity contribution in [2.45, 2.75) is 32.6 Å². The highest BCUT2D eigenvalue weighted by Gasteiger charge is 2.43. The van der Waals surface area contributed by atoms with Crippen LogP contribution in [-0.4, -0.2) is 0 Å². The van der Waals surface area contributed by atoms with Gasteiger partial charge in [0.05, 0.1) is 0 Å². The lowest BCUT2D eigenvalue weighted by Gasteiger charge is -2.48. The van der Waals surface area contributed by atoms with Crippen LogP contribution in [0.1, 0.15) is 42.4 Å². The number of fused-ring (bicyclic) bond motifs is 4. The maximum absolute atomic E-state index is 2.44. The second kappa shape index (κ2) is 3.26. The maximum atomic E-state index is 2.44. The molecule has 1 saturated carbocycles. The number of rotatable bonds is 0. The van der Waals surface area contributed by atoms with Crippen LogP contribution < -0.4 is 0 Å². The molecule has 2 atom stereocenters. The zero-order valence-corrected chi connectivity index (χ0v) is 11.0. The molecule has 0 heteroatoms. The van der Waals surface area contributed by atoms with Crippen LogP contribution in [-0.2, 0) is 0 Å². The van der Waals surface area contributed by atoms with Gasteiger partial charge in [0.25, 0.3) is 0 Å². The standard InChI is InChI=1S/C18H18/c1-12-3-4-13-11-16-14(10-15(13)9-12)5-7-18(2)8-6-17(16)18/h3-5,7,9-11,17H,6,8H2,1-2H3. The van der Waals surface area contributed by atoms with Gasteiger partial charge in [0.15, 0.2) is 0 Å². The molecule has 2 aliphatic rings. The van der Waals surface area contributed by atoms with Gasteiger partial charge < -0.3 is 0 Å². The van der Waals surface area contributed by atoms with Crippen LogP contribution in [0.15, 0.2) is 36.4 Å². The van der Waals surface area contributed by atoms with Crippen molar-refractivity contribution in [1.29, 1.82) is 0 Å². The van der Waals surface area contributed by atoms with Crippen LogP contribution in [0.4, 0.5) is 0 Å². The Balaban J connectivity index is 1.98. The molecule has 2 aliphatic carbocycles. The third kappa shape index (κ3) is 1.26. The van der Waals surface area contributed by atoms with Gasteiger partial charge in [0.1, 0.15) is 0 Å². The molecule has 0 radical (unpaired) electrons. The summed E-state index contributed by atoms with van der Waals surface area (Å²) in [6.45, 7) is 4.57. The molecule has 90 valence electrons. The van der Waals surface area contributed by atoms with Crippen LogP contribution in [0, 0.1) is 12.3 Å². The van der Waals surface area contributed by atoms with E-state index in [1.807, 2.05) is 0 Å². The largest absolute Gasteiger partial charge is 0.0774 e. The predicted molar refractivity (Wildman–Crippen MR) is 77.8 cm³/mol. The Morgan fingerprint density at radius 3 is 2.78 bits per heavy atom. The summed E-state index contributed by atoms with van der Waals surface area (Å²) in [7, 11) is 0. The van der Waals surface area contributed by atoms with Gasteiger partial charge in [-0.2, -0.15) is 0 Å². The lowest BCUT2D eigenvalue weighted by atomic mass is 9.56. The van der Waals surface area contributed by atoms with Crippen molar-refractivity contribution in [3.05, 3.63) is 53.1 Å². The van der Waals surface area contributed by atoms with Gasteiger partial charge in [-0.15, -0.1) is 0 Å². The van der Waals surface area contributed by atoms with Crippen LogP contribution in [0.25, 0.3) is 16.8 Å². The summed E-state index contributed by atoms with van der Waals surface area (Å²) in [5.41, 5.74) is 4.79. The Kier molecular flexibility index (Phi) is 1.88. The zero-order valence-electron chi connectivity index (χ0n) is 11.0. The molecule has 0 bridgehead atoms. The van der Waals surface area contributed by atoms with Crippen LogP contribution in [0.2, 0.25) is 0 Å². The van der Waals surface area contributed by atoms with E-state index in [2.05, 4.69) is 56.3 Å². The van der Waals surface area contributed by atoms with E-state index >= 15 is 0 Å². The number of hydrogen-bond acceptors (Lipinski definition) is 0. The van der Waals surface area contributed by atoms with Gasteiger partial charge in [0, 0.05) is 0 Å². The molecule has 0 aromatic heterocycles. The highest BCUT2D eigenvalue weighted by molar-refractivity contribution is 5.87. The number of hydrogen-bond donors (Lipinski definition) is 0. The number of benzene rings is 2. The summed E-state index contributed by atoms with van der Waals surface area (Å²) in [6.07, 6.45) is 7.47. The minimum absolute atomic E-state index is 0.436. The minimum atomic E-state index is 0.436. The molecule has 18 heavy (non-hydrogen) atoms. The van der Waals surface area contributed by atoms with Crippen molar-refractivity contribution in [1.82, 2.24) is 0 Å². The third-order valence-electron chi connectivity index (χ3n) is 4.98. The van der Waals surface area contributed by atoms with Crippen molar-refractivity contribution in [3.63, 3.8) is 0 Å². The van der Waals surface area contributed by atoms with Gasteiger partial charge in [-0.1, -0.05) is 48.9 Å². The first-order chi connectivity index (χ1) is 8.66. The average molecular weight is 234 g/mol. The summed E-state index contributed by atoms with van der Waals surface area (Å²) in [4.78, 5) is 0. The summed E-state index contributed by atoms with van der Waals surface area (Å²) in [5, 5.41) is 2.77. The van der Waals surface area contributed by atoms with Crippen molar-refractivity contribution < 1.29 is 0 Å². The van der Waals surface area contributed by atoms with Crippen molar-refractivity contribution in [2.75, 3.05) is 0 Å². The smallest absolute Gasteiger partial charge is 0.00668 e. The van der Waals surface area contributed by atoms with E-state index < -0.39 is 0 Å². The second-order valence-electron chi connectivity index (χ2n) is 6.26. The monoisotopic (exact) mass is 234 g/mol. The summed E-state index contributed by atoms with van der Waals surface area (Å²) in [6, 6.07) is 11.6. The second-order valence-corrected chi connectivity index (χ2v) is 6.26. The topological polar surface area (TPSA) is 0 Å². The molecule has 4 rings (SSSR count). The Bertz CT molecular complexity index is 678. The van der Waals surface area contributed by atoms with Crippen molar-refractivity contribution >= 4 is 16.8 Å². The van der Waals surface area contributed by atoms with Crippen LogP contribution in [0.5, 0.6) is 0 Å². The highest BCUT2D eigenvalue weighted by atomic mass is 14.5. The molecule has 0 N–H and O–H groups in total. The van der Waals surface area contributed by atoms with Gasteiger partial charge in [-0.25, -0.2) is 0 Å². The molecule has 0 amide bonds. The number of aryl methyl sites for hydroxylation is 1. The third-order valence-corrected chi connectivity index (χ3v) is 4.98. The fourth-order valence-electron chi connectivity index (χ4n) is 3.63.